The predicted octanol–water partition coefficient (Wildman–Crippen LogP) is 2.75. The maximum absolute atomic E-state index is 5.28. The van der Waals surface area contributed by atoms with Crippen LogP contribution < -0.4 is 10.6 Å². The van der Waals surface area contributed by atoms with Gasteiger partial charge in [0.1, 0.15) is 0 Å². The van der Waals surface area contributed by atoms with Crippen LogP contribution in [0.1, 0.15) is 25.0 Å². The Hall–Kier alpha value is -0.820. The molecule has 0 amide bonds. The van der Waals surface area contributed by atoms with Gasteiger partial charge in [0.15, 0.2) is 5.96 Å². The Morgan fingerprint density at radius 1 is 1.14 bits per heavy atom. The van der Waals surface area contributed by atoms with Crippen LogP contribution in [0.25, 0.3) is 0 Å². The van der Waals surface area contributed by atoms with E-state index in [0.717, 1.165) is 32.1 Å². The van der Waals surface area contributed by atoms with Crippen molar-refractivity contribution in [3.8, 4) is 0 Å². The van der Waals surface area contributed by atoms with Gasteiger partial charge in [-0.3, -0.25) is 4.99 Å². The zero-order valence-corrected chi connectivity index (χ0v) is 15.6. The van der Waals surface area contributed by atoms with Gasteiger partial charge in [0.05, 0.1) is 13.2 Å². The summed E-state index contributed by atoms with van der Waals surface area (Å²) in [5.41, 5.74) is 2.64. The van der Waals surface area contributed by atoms with E-state index in [2.05, 4.69) is 53.7 Å². The van der Waals surface area contributed by atoms with Crippen molar-refractivity contribution in [2.24, 2.45) is 4.99 Å². The topological polar surface area (TPSA) is 45.7 Å². The van der Waals surface area contributed by atoms with Crippen LogP contribution >= 0.6 is 24.0 Å². The maximum Gasteiger partial charge on any atom is 0.191 e. The summed E-state index contributed by atoms with van der Waals surface area (Å²) in [6.45, 7) is 10.0. The lowest BCUT2D eigenvalue weighted by Gasteiger charge is -2.11. The van der Waals surface area contributed by atoms with Crippen molar-refractivity contribution < 1.29 is 4.74 Å². The highest BCUT2D eigenvalue weighted by Gasteiger charge is 1.97. The smallest absolute Gasteiger partial charge is 0.191 e. The monoisotopic (exact) mass is 405 g/mol. The maximum atomic E-state index is 5.28. The van der Waals surface area contributed by atoms with Gasteiger partial charge in [-0.2, -0.15) is 0 Å². The first-order chi connectivity index (χ1) is 9.76. The number of nitrogens with one attached hydrogen (secondary N) is 2. The van der Waals surface area contributed by atoms with E-state index < -0.39 is 0 Å². The second kappa shape index (κ2) is 12.9. The molecule has 0 spiro atoms. The Morgan fingerprint density at radius 3 is 2.48 bits per heavy atom. The Labute approximate surface area is 145 Å². The van der Waals surface area contributed by atoms with Gasteiger partial charge in [-0.1, -0.05) is 29.8 Å². The molecule has 0 bridgehead atoms. The highest BCUT2D eigenvalue weighted by atomic mass is 127. The molecule has 0 saturated carbocycles. The van der Waals surface area contributed by atoms with Crippen molar-refractivity contribution in [2.75, 3.05) is 32.8 Å². The molecule has 1 aromatic rings. The number of hydrogen-bond acceptors (Lipinski definition) is 2. The van der Waals surface area contributed by atoms with Crippen molar-refractivity contribution in [3.63, 3.8) is 0 Å². The van der Waals surface area contributed by atoms with E-state index in [4.69, 9.17) is 4.74 Å². The molecule has 21 heavy (non-hydrogen) atoms. The van der Waals surface area contributed by atoms with Gasteiger partial charge in [-0.25, -0.2) is 0 Å². The third-order valence-corrected chi connectivity index (χ3v) is 2.88. The molecule has 120 valence electrons. The molecule has 0 saturated heterocycles. The molecular weight excluding hydrogens is 377 g/mol. The SMILES string of the molecule is CCNC(=NCCOCC)NCCc1ccc(C)cc1.I. The minimum Gasteiger partial charge on any atom is -0.380 e. The summed E-state index contributed by atoms with van der Waals surface area (Å²) in [4.78, 5) is 4.47. The second-order valence-electron chi connectivity index (χ2n) is 4.62. The summed E-state index contributed by atoms with van der Waals surface area (Å²) >= 11 is 0. The van der Waals surface area contributed by atoms with E-state index >= 15 is 0 Å². The van der Waals surface area contributed by atoms with Gasteiger partial charge in [0, 0.05) is 19.7 Å². The van der Waals surface area contributed by atoms with E-state index in [1.54, 1.807) is 0 Å². The standard InChI is InChI=1S/C16H27N3O.HI/c1-4-17-16(19-12-13-20-5-2)18-11-10-15-8-6-14(3)7-9-15;/h6-9H,4-5,10-13H2,1-3H3,(H2,17,18,19);1H. The first-order valence-electron chi connectivity index (χ1n) is 7.41. The number of ether oxygens (including phenoxy) is 1. The number of benzene rings is 1. The first-order valence-corrected chi connectivity index (χ1v) is 7.41. The van der Waals surface area contributed by atoms with Gasteiger partial charge in [-0.05, 0) is 32.8 Å². The number of guanidine groups is 1. The zero-order chi connectivity index (χ0) is 14.6. The van der Waals surface area contributed by atoms with Gasteiger partial charge in [-0.15, -0.1) is 24.0 Å². The number of aryl methyl sites for hydroxylation is 1. The van der Waals surface area contributed by atoms with Gasteiger partial charge < -0.3 is 15.4 Å². The van der Waals surface area contributed by atoms with E-state index in [0.29, 0.717) is 13.2 Å². The van der Waals surface area contributed by atoms with Crippen molar-refractivity contribution >= 4 is 29.9 Å². The van der Waals surface area contributed by atoms with Gasteiger partial charge >= 0.3 is 0 Å². The molecule has 0 aliphatic rings. The minimum atomic E-state index is 0. The van der Waals surface area contributed by atoms with Crippen LogP contribution in [0.15, 0.2) is 29.3 Å². The summed E-state index contributed by atoms with van der Waals surface area (Å²) in [5.74, 6) is 0.860. The normalized spacial score (nSPS) is 10.9. The Kier molecular flexibility index (Phi) is 12.4. The van der Waals surface area contributed by atoms with Crippen molar-refractivity contribution in [1.82, 2.24) is 10.6 Å². The minimum absolute atomic E-state index is 0. The largest absolute Gasteiger partial charge is 0.380 e. The molecule has 0 heterocycles. The molecule has 0 radical (unpaired) electrons. The van der Waals surface area contributed by atoms with Crippen LogP contribution in [0.2, 0.25) is 0 Å². The number of hydrogen-bond donors (Lipinski definition) is 2. The molecule has 0 atom stereocenters. The molecule has 0 aliphatic heterocycles. The number of halogens is 1. The molecule has 1 aromatic carbocycles. The van der Waals surface area contributed by atoms with Crippen LogP contribution in [0.4, 0.5) is 0 Å². The summed E-state index contributed by atoms with van der Waals surface area (Å²) in [5, 5.41) is 6.58. The molecule has 0 aliphatic carbocycles. The summed E-state index contributed by atoms with van der Waals surface area (Å²) < 4.78 is 5.28. The summed E-state index contributed by atoms with van der Waals surface area (Å²) in [6, 6.07) is 8.65. The molecular formula is C16H28IN3O. The molecule has 2 N–H and O–H groups in total. The molecule has 0 aromatic heterocycles. The van der Waals surface area contributed by atoms with Crippen LogP contribution in [-0.2, 0) is 11.2 Å². The molecule has 4 nitrogen and oxygen atoms in total. The Morgan fingerprint density at radius 2 is 1.86 bits per heavy atom. The fourth-order valence-electron chi connectivity index (χ4n) is 1.79. The Bertz CT molecular complexity index is 393. The van der Waals surface area contributed by atoms with Gasteiger partial charge in [0.2, 0.25) is 0 Å². The zero-order valence-electron chi connectivity index (χ0n) is 13.3. The van der Waals surface area contributed by atoms with E-state index in [1.165, 1.54) is 11.1 Å². The predicted molar refractivity (Wildman–Crippen MR) is 101 cm³/mol. The van der Waals surface area contributed by atoms with Crippen LogP contribution in [0.3, 0.4) is 0 Å². The van der Waals surface area contributed by atoms with Crippen LogP contribution in [0, 0.1) is 6.92 Å². The molecule has 5 heteroatoms. The molecule has 0 fully saturated rings. The van der Waals surface area contributed by atoms with Crippen LogP contribution in [-0.4, -0.2) is 38.8 Å². The Balaban J connectivity index is 0.00000400. The summed E-state index contributed by atoms with van der Waals surface area (Å²) in [6.07, 6.45) is 0.996. The highest BCUT2D eigenvalue weighted by molar-refractivity contribution is 14.0. The van der Waals surface area contributed by atoms with Crippen molar-refractivity contribution in [1.29, 1.82) is 0 Å². The lowest BCUT2D eigenvalue weighted by molar-refractivity contribution is 0.155. The number of rotatable bonds is 8. The highest BCUT2D eigenvalue weighted by Crippen LogP contribution is 2.02. The first kappa shape index (κ1) is 20.2. The lowest BCUT2D eigenvalue weighted by Crippen LogP contribution is -2.38. The van der Waals surface area contributed by atoms with Crippen LogP contribution in [0.5, 0.6) is 0 Å². The second-order valence-corrected chi connectivity index (χ2v) is 4.62. The van der Waals surface area contributed by atoms with E-state index in [9.17, 15) is 0 Å². The average Bonchev–Trinajstić information content (AvgIpc) is 2.45. The fraction of sp³-hybridized carbons (Fsp3) is 0.562. The number of aliphatic imine (C=N–C) groups is 1. The van der Waals surface area contributed by atoms with Gasteiger partial charge in [0.25, 0.3) is 0 Å². The third-order valence-electron chi connectivity index (χ3n) is 2.88. The van der Waals surface area contributed by atoms with Crippen molar-refractivity contribution in [2.45, 2.75) is 27.2 Å². The lowest BCUT2D eigenvalue weighted by atomic mass is 10.1. The van der Waals surface area contributed by atoms with E-state index in [-0.39, 0.29) is 24.0 Å². The van der Waals surface area contributed by atoms with E-state index in [1.807, 2.05) is 6.92 Å². The summed E-state index contributed by atoms with van der Waals surface area (Å²) in [7, 11) is 0. The van der Waals surface area contributed by atoms with Crippen molar-refractivity contribution in [3.05, 3.63) is 35.4 Å². The fourth-order valence-corrected chi connectivity index (χ4v) is 1.79. The third kappa shape index (κ3) is 9.68. The molecule has 1 rings (SSSR count). The molecule has 0 unspecified atom stereocenters. The average molecular weight is 405 g/mol. The number of nitrogens with zero attached hydrogens (tertiary/aromatic N) is 1. The quantitative estimate of drug-likeness (QED) is 0.303.